The van der Waals surface area contributed by atoms with Crippen molar-refractivity contribution in [3.63, 3.8) is 0 Å². The minimum atomic E-state index is -4.85. The van der Waals surface area contributed by atoms with Gasteiger partial charge in [0.05, 0.1) is 12.9 Å². The fourth-order valence-corrected chi connectivity index (χ4v) is 6.39. The quantitative estimate of drug-likeness (QED) is 0.360. The number of aryl methyl sites for hydroxylation is 1. The summed E-state index contributed by atoms with van der Waals surface area (Å²) in [6.45, 7) is 14.3. The Morgan fingerprint density at radius 2 is 1.63 bits per heavy atom. The van der Waals surface area contributed by atoms with Crippen molar-refractivity contribution in [2.75, 3.05) is 11.9 Å². The number of aromatic nitrogens is 4. The van der Waals surface area contributed by atoms with Gasteiger partial charge in [-0.2, -0.15) is 12.7 Å². The standard InChI is InChI=1S/C31H41N7O10S/c1-17-12-10-11-13-18(17)25(39)36-49(42,43)38(28(41)48-30(5,6)7)14-19-21-22(46-31(8,9)45-21)26(44-19)37-16-34-20-23(32-15-33-24(20)37)35-27(40)47-29(2,3)4/h10-13,15-16,19,21-22,26H,14H2,1-9H3,(H,36,39)(H,32,33,35,40)/t19-,21-,22-,26-/m1/s1. The summed E-state index contributed by atoms with van der Waals surface area (Å²) in [6, 6.07) is 6.41. The van der Waals surface area contributed by atoms with Gasteiger partial charge in [0.25, 0.3) is 5.91 Å². The predicted octanol–water partition coefficient (Wildman–Crippen LogP) is 3.81. The first kappa shape index (κ1) is 35.9. The van der Waals surface area contributed by atoms with Crippen LogP contribution in [0.5, 0.6) is 0 Å². The van der Waals surface area contributed by atoms with E-state index in [1.807, 2.05) is 4.72 Å². The van der Waals surface area contributed by atoms with Crippen LogP contribution >= 0.6 is 0 Å². The number of carbonyl (C=O) groups is 3. The lowest BCUT2D eigenvalue weighted by Crippen LogP contribution is -2.52. The van der Waals surface area contributed by atoms with Gasteiger partial charge in [0.15, 0.2) is 29.0 Å². The van der Waals surface area contributed by atoms with Crippen LogP contribution in [0, 0.1) is 6.92 Å². The Labute approximate surface area is 283 Å². The molecule has 0 saturated carbocycles. The zero-order valence-corrected chi connectivity index (χ0v) is 29.5. The van der Waals surface area contributed by atoms with Gasteiger partial charge in [-0.1, -0.05) is 18.2 Å². The Hall–Kier alpha value is -4.39. The first-order chi connectivity index (χ1) is 22.6. The second-order valence-electron chi connectivity index (χ2n) is 14.1. The third-order valence-electron chi connectivity index (χ3n) is 7.22. The van der Waals surface area contributed by atoms with Crippen LogP contribution in [0.4, 0.5) is 15.4 Å². The van der Waals surface area contributed by atoms with E-state index in [0.717, 1.165) is 0 Å². The number of hydrogen-bond acceptors (Lipinski definition) is 13. The Kier molecular flexibility index (Phi) is 9.39. The van der Waals surface area contributed by atoms with E-state index in [4.69, 9.17) is 23.7 Å². The van der Waals surface area contributed by atoms with E-state index in [9.17, 15) is 22.8 Å². The molecule has 0 aliphatic carbocycles. The van der Waals surface area contributed by atoms with Gasteiger partial charge in [-0.25, -0.2) is 29.3 Å². The van der Waals surface area contributed by atoms with Crippen molar-refractivity contribution in [1.82, 2.24) is 28.5 Å². The number of benzene rings is 1. The van der Waals surface area contributed by atoms with E-state index in [1.54, 1.807) is 80.5 Å². The molecule has 2 aliphatic heterocycles. The van der Waals surface area contributed by atoms with Crippen LogP contribution < -0.4 is 10.0 Å². The molecule has 2 aliphatic rings. The molecule has 3 aromatic rings. The van der Waals surface area contributed by atoms with Crippen LogP contribution in [-0.4, -0.2) is 92.2 Å². The average Bonchev–Trinajstić information content (AvgIpc) is 3.60. The van der Waals surface area contributed by atoms with Crippen molar-refractivity contribution in [3.8, 4) is 0 Å². The number of anilines is 1. The molecule has 266 valence electrons. The Morgan fingerprint density at radius 1 is 0.980 bits per heavy atom. The molecule has 17 nitrogen and oxygen atoms in total. The van der Waals surface area contributed by atoms with Crippen molar-refractivity contribution in [3.05, 3.63) is 48.0 Å². The maximum absolute atomic E-state index is 13.7. The molecule has 0 unspecified atom stereocenters. The lowest BCUT2D eigenvalue weighted by atomic mass is 10.1. The highest BCUT2D eigenvalue weighted by Crippen LogP contribution is 2.44. The summed E-state index contributed by atoms with van der Waals surface area (Å²) < 4.78 is 60.9. The first-order valence-corrected chi connectivity index (χ1v) is 16.9. The number of nitrogens with one attached hydrogen (secondary N) is 2. The minimum absolute atomic E-state index is 0.0830. The number of nitrogens with zero attached hydrogens (tertiary/aromatic N) is 5. The molecule has 1 aromatic carbocycles. The van der Waals surface area contributed by atoms with Gasteiger partial charge >= 0.3 is 22.4 Å². The molecule has 3 amide bonds. The summed E-state index contributed by atoms with van der Waals surface area (Å²) in [5, 5.41) is 2.57. The molecule has 4 atom stereocenters. The number of rotatable bonds is 7. The number of imidazole rings is 1. The summed E-state index contributed by atoms with van der Waals surface area (Å²) in [5.74, 6) is -1.98. The van der Waals surface area contributed by atoms with Gasteiger partial charge in [0.2, 0.25) is 0 Å². The molecular weight excluding hydrogens is 662 g/mol. The summed E-state index contributed by atoms with van der Waals surface area (Å²) in [6.07, 6.45) is -3.19. The van der Waals surface area contributed by atoms with E-state index in [1.165, 1.54) is 23.3 Å². The molecule has 0 spiro atoms. The summed E-state index contributed by atoms with van der Waals surface area (Å²) in [4.78, 5) is 51.9. The zero-order chi connectivity index (χ0) is 36.1. The second kappa shape index (κ2) is 12.8. The number of carbonyl (C=O) groups excluding carboxylic acids is 3. The molecule has 2 fully saturated rings. The van der Waals surface area contributed by atoms with Crippen LogP contribution in [0.2, 0.25) is 0 Å². The van der Waals surface area contributed by atoms with E-state index < -0.39 is 76.4 Å². The lowest BCUT2D eigenvalue weighted by Gasteiger charge is -2.30. The molecule has 2 N–H and O–H groups in total. The summed E-state index contributed by atoms with van der Waals surface area (Å²) >= 11 is 0. The van der Waals surface area contributed by atoms with Gasteiger partial charge in [-0.3, -0.25) is 14.7 Å². The summed E-state index contributed by atoms with van der Waals surface area (Å²) in [7, 11) is -4.85. The third kappa shape index (κ3) is 8.09. The highest BCUT2D eigenvalue weighted by atomic mass is 32.2. The van der Waals surface area contributed by atoms with Crippen LogP contribution in [0.25, 0.3) is 11.2 Å². The van der Waals surface area contributed by atoms with Crippen molar-refractivity contribution in [2.24, 2.45) is 0 Å². The molecule has 18 heteroatoms. The van der Waals surface area contributed by atoms with Gasteiger partial charge in [-0.15, -0.1) is 0 Å². The minimum Gasteiger partial charge on any atom is -0.444 e. The average molecular weight is 704 g/mol. The monoisotopic (exact) mass is 703 g/mol. The first-order valence-electron chi connectivity index (χ1n) is 15.5. The summed E-state index contributed by atoms with van der Waals surface area (Å²) in [5.41, 5.74) is -0.733. The fraction of sp³-hybridized carbons (Fsp3) is 0.548. The van der Waals surface area contributed by atoms with Crippen molar-refractivity contribution < 1.29 is 46.5 Å². The van der Waals surface area contributed by atoms with Crippen molar-refractivity contribution in [2.45, 2.75) is 104 Å². The molecular formula is C31H41N7O10S. The van der Waals surface area contributed by atoms with Crippen LogP contribution in [-0.2, 0) is 33.9 Å². The molecule has 2 aromatic heterocycles. The molecule has 0 bridgehead atoms. The number of amides is 3. The van der Waals surface area contributed by atoms with Crippen molar-refractivity contribution in [1.29, 1.82) is 0 Å². The van der Waals surface area contributed by atoms with Gasteiger partial charge in [0.1, 0.15) is 35.8 Å². The number of fused-ring (bicyclic) bond motifs is 2. The molecule has 0 radical (unpaired) electrons. The normalized spacial score (nSPS) is 22.0. The Bertz CT molecular complexity index is 1870. The van der Waals surface area contributed by atoms with Crippen molar-refractivity contribution >= 4 is 45.3 Å². The Balaban J connectivity index is 1.46. The molecule has 4 heterocycles. The molecule has 5 rings (SSSR count). The smallest absolute Gasteiger partial charge is 0.425 e. The SMILES string of the molecule is Cc1ccccc1C(=O)NS(=O)(=O)N(C[C@H]1O[C@@H](n2cnc3c(NC(=O)OC(C)(C)C)ncnc32)[C@@H]2OC(C)(C)O[C@@H]21)C(=O)OC(C)(C)C. The third-order valence-corrected chi connectivity index (χ3v) is 8.54. The maximum atomic E-state index is 13.7. The maximum Gasteiger partial charge on any atom is 0.425 e. The Morgan fingerprint density at radius 3 is 2.29 bits per heavy atom. The van der Waals surface area contributed by atoms with Crippen LogP contribution in [0.15, 0.2) is 36.9 Å². The zero-order valence-electron chi connectivity index (χ0n) is 28.7. The highest BCUT2D eigenvalue weighted by Gasteiger charge is 2.57. The van der Waals surface area contributed by atoms with E-state index in [-0.39, 0.29) is 22.5 Å². The molecule has 2 saturated heterocycles. The largest absolute Gasteiger partial charge is 0.444 e. The second-order valence-corrected chi connectivity index (χ2v) is 15.7. The fourth-order valence-electron chi connectivity index (χ4n) is 5.36. The lowest BCUT2D eigenvalue weighted by molar-refractivity contribution is -0.196. The van der Waals surface area contributed by atoms with Crippen LogP contribution in [0.1, 0.15) is 77.5 Å². The topological polar surface area (TPSA) is 202 Å². The van der Waals surface area contributed by atoms with Gasteiger partial charge in [-0.05, 0) is 73.9 Å². The van der Waals surface area contributed by atoms with Gasteiger partial charge in [0, 0.05) is 5.56 Å². The number of ether oxygens (including phenoxy) is 5. The van der Waals surface area contributed by atoms with Gasteiger partial charge < -0.3 is 23.7 Å². The van der Waals surface area contributed by atoms with E-state index in [0.29, 0.717) is 9.87 Å². The van der Waals surface area contributed by atoms with E-state index in [2.05, 4.69) is 20.3 Å². The van der Waals surface area contributed by atoms with Crippen LogP contribution in [0.3, 0.4) is 0 Å². The predicted molar refractivity (Wildman–Crippen MR) is 173 cm³/mol. The van der Waals surface area contributed by atoms with E-state index >= 15 is 0 Å². The molecule has 49 heavy (non-hydrogen) atoms. The number of hydrogen-bond donors (Lipinski definition) is 2. The highest BCUT2D eigenvalue weighted by molar-refractivity contribution is 7.88.